The molecule has 3 amide bonds. The molecule has 180 valence electrons. The van der Waals surface area contributed by atoms with Crippen LogP contribution in [0.2, 0.25) is 0 Å². The minimum atomic E-state index is -0.918. The van der Waals surface area contributed by atoms with Gasteiger partial charge in [-0.15, -0.1) is 0 Å². The molecule has 7 heteroatoms. The molecule has 0 spiro atoms. The Balaban J connectivity index is 1.19. The van der Waals surface area contributed by atoms with E-state index in [2.05, 4.69) is 16.0 Å². The molecule has 0 radical (unpaired) electrons. The summed E-state index contributed by atoms with van der Waals surface area (Å²) in [7, 11) is 0. The molecule has 1 aromatic rings. The van der Waals surface area contributed by atoms with Gasteiger partial charge >= 0.3 is 12.0 Å². The van der Waals surface area contributed by atoms with Crippen LogP contribution in [0, 0.1) is 38.5 Å². The number of carbonyl (C=O) groups excluding carboxylic acids is 3. The van der Waals surface area contributed by atoms with Crippen LogP contribution in [0.3, 0.4) is 0 Å². The summed E-state index contributed by atoms with van der Waals surface area (Å²) in [5.74, 6) is 1.39. The Morgan fingerprint density at radius 1 is 1.00 bits per heavy atom. The van der Waals surface area contributed by atoms with Crippen LogP contribution in [-0.4, -0.2) is 36.1 Å². The molecule has 0 aliphatic heterocycles. The van der Waals surface area contributed by atoms with E-state index >= 15 is 0 Å². The smallest absolute Gasteiger partial charge is 0.315 e. The molecule has 4 saturated carbocycles. The molecule has 0 unspecified atom stereocenters. The van der Waals surface area contributed by atoms with Gasteiger partial charge in [0.15, 0.2) is 6.10 Å². The van der Waals surface area contributed by atoms with E-state index in [1.807, 2.05) is 32.9 Å². The average Bonchev–Trinajstić information content (AvgIpc) is 2.68. The lowest BCUT2D eigenvalue weighted by molar-refractivity contribution is -0.153. The first-order chi connectivity index (χ1) is 15.6. The first kappa shape index (κ1) is 23.6. The molecule has 4 fully saturated rings. The maximum Gasteiger partial charge on any atom is 0.315 e. The molecule has 4 bridgehead atoms. The number of nitrogens with one attached hydrogen (secondary N) is 3. The van der Waals surface area contributed by atoms with Crippen molar-refractivity contribution in [1.82, 2.24) is 10.6 Å². The van der Waals surface area contributed by atoms with Crippen LogP contribution in [0.4, 0.5) is 10.5 Å². The summed E-state index contributed by atoms with van der Waals surface area (Å²) in [4.78, 5) is 37.2. The molecule has 1 atom stereocenters. The average molecular weight is 456 g/mol. The SMILES string of the molecule is Cc1cc(C)c(NC(=O)[C@H](C)OC(=O)CCNC(=O)NC23CC4CC(CC(C4)C2)C3)c(C)c1. The molecule has 4 aliphatic carbocycles. The molecule has 4 aliphatic rings. The summed E-state index contributed by atoms with van der Waals surface area (Å²) in [6.07, 6.45) is 6.33. The van der Waals surface area contributed by atoms with Crippen molar-refractivity contribution in [2.45, 2.75) is 84.3 Å². The van der Waals surface area contributed by atoms with Gasteiger partial charge in [0.2, 0.25) is 0 Å². The van der Waals surface area contributed by atoms with Gasteiger partial charge in [-0.1, -0.05) is 17.7 Å². The van der Waals surface area contributed by atoms with E-state index in [9.17, 15) is 14.4 Å². The molecule has 5 rings (SSSR count). The summed E-state index contributed by atoms with van der Waals surface area (Å²) < 4.78 is 5.28. The van der Waals surface area contributed by atoms with Gasteiger partial charge in [-0.3, -0.25) is 9.59 Å². The Morgan fingerprint density at radius 3 is 2.09 bits per heavy atom. The molecule has 1 aromatic carbocycles. The lowest BCUT2D eigenvalue weighted by atomic mass is 9.53. The van der Waals surface area contributed by atoms with Gasteiger partial charge in [0, 0.05) is 17.8 Å². The van der Waals surface area contributed by atoms with Gasteiger partial charge in [-0.25, -0.2) is 4.79 Å². The highest BCUT2D eigenvalue weighted by molar-refractivity contribution is 5.96. The summed E-state index contributed by atoms with van der Waals surface area (Å²) in [5.41, 5.74) is 3.75. The summed E-state index contributed by atoms with van der Waals surface area (Å²) >= 11 is 0. The van der Waals surface area contributed by atoms with Gasteiger partial charge in [-0.2, -0.15) is 0 Å². The van der Waals surface area contributed by atoms with Crippen LogP contribution >= 0.6 is 0 Å². The molecular formula is C26H37N3O4. The number of anilines is 1. The summed E-state index contributed by atoms with van der Waals surface area (Å²) in [5, 5.41) is 8.89. The van der Waals surface area contributed by atoms with Crippen molar-refractivity contribution in [1.29, 1.82) is 0 Å². The van der Waals surface area contributed by atoms with E-state index in [0.29, 0.717) is 0 Å². The maximum atomic E-state index is 12.5. The van der Waals surface area contributed by atoms with Crippen molar-refractivity contribution in [3.63, 3.8) is 0 Å². The molecular weight excluding hydrogens is 418 g/mol. The highest BCUT2D eigenvalue weighted by Gasteiger charge is 2.51. The predicted molar refractivity (Wildman–Crippen MR) is 127 cm³/mol. The zero-order valence-electron chi connectivity index (χ0n) is 20.3. The van der Waals surface area contributed by atoms with Gasteiger partial charge in [0.25, 0.3) is 5.91 Å². The number of hydrogen-bond acceptors (Lipinski definition) is 4. The molecule has 3 N–H and O–H groups in total. The minimum absolute atomic E-state index is 0.0223. The third-order valence-corrected chi connectivity index (χ3v) is 7.63. The van der Waals surface area contributed by atoms with E-state index < -0.39 is 12.1 Å². The highest BCUT2D eigenvalue weighted by Crippen LogP contribution is 2.55. The number of carbonyl (C=O) groups is 3. The third-order valence-electron chi connectivity index (χ3n) is 7.63. The minimum Gasteiger partial charge on any atom is -0.452 e. The number of rotatable bonds is 7. The van der Waals surface area contributed by atoms with Gasteiger partial charge in [0.05, 0.1) is 6.42 Å². The van der Waals surface area contributed by atoms with Crippen molar-refractivity contribution in [3.05, 3.63) is 28.8 Å². The second-order valence-electron chi connectivity index (χ2n) is 10.7. The second-order valence-corrected chi connectivity index (χ2v) is 10.7. The lowest BCUT2D eigenvalue weighted by Crippen LogP contribution is -2.61. The number of benzene rings is 1. The zero-order chi connectivity index (χ0) is 23.8. The topological polar surface area (TPSA) is 96.5 Å². The fourth-order valence-corrected chi connectivity index (χ4v) is 6.74. The van der Waals surface area contributed by atoms with E-state index in [1.54, 1.807) is 6.92 Å². The molecule has 0 aromatic heterocycles. The summed E-state index contributed by atoms with van der Waals surface area (Å²) in [6, 6.07) is 3.79. The standard InChI is InChI=1S/C26H37N3O4/c1-15-7-16(2)23(17(3)8-15)28-24(31)18(4)33-22(30)5-6-27-25(32)29-26-12-19-9-20(13-26)11-21(10-19)14-26/h7-8,18-21H,5-6,9-14H2,1-4H3,(H,28,31)(H2,27,29,32)/t18-,19?,20?,21?,26?/m0/s1. The summed E-state index contributed by atoms with van der Waals surface area (Å²) in [6.45, 7) is 7.62. The normalized spacial score (nSPS) is 28.2. The number of hydrogen-bond donors (Lipinski definition) is 3. The molecule has 0 saturated heterocycles. The molecule has 33 heavy (non-hydrogen) atoms. The fourth-order valence-electron chi connectivity index (χ4n) is 6.74. The van der Waals surface area contributed by atoms with E-state index in [0.717, 1.165) is 59.4 Å². The molecule has 7 nitrogen and oxygen atoms in total. The first-order valence-corrected chi connectivity index (χ1v) is 12.3. The third kappa shape index (κ3) is 5.50. The zero-order valence-corrected chi connectivity index (χ0v) is 20.3. The van der Waals surface area contributed by atoms with Crippen molar-refractivity contribution in [2.75, 3.05) is 11.9 Å². The number of esters is 1. The van der Waals surface area contributed by atoms with Gasteiger partial charge < -0.3 is 20.7 Å². The fraction of sp³-hybridized carbons (Fsp3) is 0.654. The monoisotopic (exact) mass is 455 g/mol. The van der Waals surface area contributed by atoms with E-state index in [1.165, 1.54) is 19.3 Å². The van der Waals surface area contributed by atoms with E-state index in [4.69, 9.17) is 4.74 Å². The first-order valence-electron chi connectivity index (χ1n) is 12.3. The van der Waals surface area contributed by atoms with Crippen molar-refractivity contribution >= 4 is 23.6 Å². The largest absolute Gasteiger partial charge is 0.452 e. The second kappa shape index (κ2) is 9.35. The van der Waals surface area contributed by atoms with Crippen LogP contribution in [-0.2, 0) is 14.3 Å². The van der Waals surface area contributed by atoms with E-state index in [-0.39, 0.29) is 30.4 Å². The lowest BCUT2D eigenvalue weighted by Gasteiger charge is -2.56. The van der Waals surface area contributed by atoms with Crippen LogP contribution in [0.15, 0.2) is 12.1 Å². The van der Waals surface area contributed by atoms with Crippen LogP contribution in [0.25, 0.3) is 0 Å². The highest BCUT2D eigenvalue weighted by atomic mass is 16.5. The number of ether oxygens (including phenoxy) is 1. The Kier molecular flexibility index (Phi) is 6.68. The van der Waals surface area contributed by atoms with Crippen molar-refractivity contribution in [2.24, 2.45) is 17.8 Å². The Labute approximate surface area is 196 Å². The van der Waals surface area contributed by atoms with Crippen LogP contribution in [0.5, 0.6) is 0 Å². The molecule has 0 heterocycles. The number of amides is 3. The van der Waals surface area contributed by atoms with Crippen LogP contribution < -0.4 is 16.0 Å². The number of aryl methyl sites for hydroxylation is 3. The van der Waals surface area contributed by atoms with Crippen molar-refractivity contribution in [3.8, 4) is 0 Å². The predicted octanol–water partition coefficient (Wildman–Crippen LogP) is 4.14. The maximum absolute atomic E-state index is 12.5. The van der Waals surface area contributed by atoms with Gasteiger partial charge in [-0.05, 0) is 95.1 Å². The van der Waals surface area contributed by atoms with Crippen molar-refractivity contribution < 1.29 is 19.1 Å². The Bertz CT molecular complexity index is 883. The quantitative estimate of drug-likeness (QED) is 0.539. The van der Waals surface area contributed by atoms with Crippen LogP contribution in [0.1, 0.15) is 68.6 Å². The number of urea groups is 1. The van der Waals surface area contributed by atoms with Gasteiger partial charge in [0.1, 0.15) is 0 Å². The Morgan fingerprint density at radius 2 is 1.55 bits per heavy atom. The Hall–Kier alpha value is -2.57.